The van der Waals surface area contributed by atoms with Gasteiger partial charge in [-0.15, -0.1) is 0 Å². The summed E-state index contributed by atoms with van der Waals surface area (Å²) in [5.74, 6) is 1.98. The molecule has 4 aromatic rings. The maximum absolute atomic E-state index is 12.9. The molecule has 1 amide bonds. The van der Waals surface area contributed by atoms with Crippen LogP contribution in [0.1, 0.15) is 29.1 Å². The summed E-state index contributed by atoms with van der Waals surface area (Å²) in [5, 5.41) is 1.03. The molecule has 28 heavy (non-hydrogen) atoms. The zero-order valence-electron chi connectivity index (χ0n) is 15.7. The number of aromatic nitrogens is 1. The van der Waals surface area contributed by atoms with E-state index in [9.17, 15) is 4.79 Å². The van der Waals surface area contributed by atoms with Crippen molar-refractivity contribution in [2.24, 2.45) is 0 Å². The Hall–Kier alpha value is -3.60. The number of fused-ring (bicyclic) bond motifs is 1. The van der Waals surface area contributed by atoms with E-state index >= 15 is 0 Å². The summed E-state index contributed by atoms with van der Waals surface area (Å²) in [6.07, 6.45) is 3.33. The summed E-state index contributed by atoms with van der Waals surface area (Å²) in [4.78, 5) is 18.6. The lowest BCUT2D eigenvalue weighted by Crippen LogP contribution is -2.29. The van der Waals surface area contributed by atoms with Crippen LogP contribution in [0.25, 0.3) is 11.0 Å². The molecule has 5 heteroatoms. The van der Waals surface area contributed by atoms with Crippen molar-refractivity contribution in [3.05, 3.63) is 90.4 Å². The van der Waals surface area contributed by atoms with E-state index < -0.39 is 0 Å². The van der Waals surface area contributed by atoms with Gasteiger partial charge in [0.25, 0.3) is 5.91 Å². The molecular formula is C23H20N2O3. The van der Waals surface area contributed by atoms with Crippen LogP contribution in [0.2, 0.25) is 0 Å². The Bertz CT molecular complexity index is 1050. The highest BCUT2D eigenvalue weighted by Crippen LogP contribution is 2.28. The van der Waals surface area contributed by atoms with Crippen molar-refractivity contribution in [3.63, 3.8) is 0 Å². The summed E-state index contributed by atoms with van der Waals surface area (Å²) in [6.45, 7) is 1.95. The van der Waals surface area contributed by atoms with E-state index in [2.05, 4.69) is 4.98 Å². The van der Waals surface area contributed by atoms with Gasteiger partial charge in [-0.25, -0.2) is 0 Å². The van der Waals surface area contributed by atoms with E-state index in [0.717, 1.165) is 16.7 Å². The lowest BCUT2D eigenvalue weighted by Gasteiger charge is -2.23. The van der Waals surface area contributed by atoms with Gasteiger partial charge in [0.15, 0.2) is 0 Å². The first kappa shape index (κ1) is 17.8. The number of furan rings is 1. The Balaban J connectivity index is 1.48. The smallest absolute Gasteiger partial charge is 0.254 e. The van der Waals surface area contributed by atoms with Crippen molar-refractivity contribution in [3.8, 4) is 11.5 Å². The number of nitrogens with zero attached hydrogens (tertiary/aromatic N) is 2. The van der Waals surface area contributed by atoms with E-state index in [1.54, 1.807) is 48.6 Å². The normalized spacial score (nSPS) is 11.9. The Morgan fingerprint density at radius 2 is 1.82 bits per heavy atom. The third kappa shape index (κ3) is 3.60. The maximum Gasteiger partial charge on any atom is 0.254 e. The van der Waals surface area contributed by atoms with Crippen LogP contribution in [0.5, 0.6) is 11.5 Å². The Labute approximate surface area is 163 Å². The third-order valence-corrected chi connectivity index (χ3v) is 4.73. The lowest BCUT2D eigenvalue weighted by atomic mass is 10.1. The summed E-state index contributed by atoms with van der Waals surface area (Å²) in [6, 6.07) is 20.3. The molecule has 0 aliphatic carbocycles. The maximum atomic E-state index is 12.9. The minimum absolute atomic E-state index is 0.0825. The first-order valence-electron chi connectivity index (χ1n) is 9.05. The van der Waals surface area contributed by atoms with Gasteiger partial charge in [-0.2, -0.15) is 0 Å². The molecule has 0 N–H and O–H groups in total. The summed E-state index contributed by atoms with van der Waals surface area (Å²) in [7, 11) is 1.78. The van der Waals surface area contributed by atoms with Crippen LogP contribution in [0.15, 0.2) is 83.5 Å². The number of rotatable bonds is 5. The van der Waals surface area contributed by atoms with Gasteiger partial charge in [0, 0.05) is 24.2 Å². The minimum Gasteiger partial charge on any atom is -0.459 e. The lowest BCUT2D eigenvalue weighted by molar-refractivity contribution is 0.0727. The van der Waals surface area contributed by atoms with Gasteiger partial charge in [-0.3, -0.25) is 9.78 Å². The van der Waals surface area contributed by atoms with Crippen LogP contribution in [0.4, 0.5) is 0 Å². The average molecular weight is 372 g/mol. The summed E-state index contributed by atoms with van der Waals surface area (Å²) >= 11 is 0. The molecule has 0 aliphatic rings. The van der Waals surface area contributed by atoms with Crippen molar-refractivity contribution in [2.45, 2.75) is 13.0 Å². The standard InChI is InChI=1S/C23H20N2O3/c1-16(22-14-18-6-3-4-8-21(18)28-22)25(2)23(26)17-9-11-19(12-10-17)27-20-7-5-13-24-15-20/h3-16H,1-2H3. The fourth-order valence-corrected chi connectivity index (χ4v) is 2.99. The van der Waals surface area contributed by atoms with E-state index in [4.69, 9.17) is 9.15 Å². The van der Waals surface area contributed by atoms with Crippen molar-refractivity contribution in [1.29, 1.82) is 0 Å². The largest absolute Gasteiger partial charge is 0.459 e. The highest BCUT2D eigenvalue weighted by molar-refractivity contribution is 5.94. The summed E-state index contributed by atoms with van der Waals surface area (Å²) in [5.41, 5.74) is 1.41. The van der Waals surface area contributed by atoms with Crippen molar-refractivity contribution in [2.75, 3.05) is 7.05 Å². The van der Waals surface area contributed by atoms with Crippen molar-refractivity contribution >= 4 is 16.9 Å². The highest BCUT2D eigenvalue weighted by atomic mass is 16.5. The number of ether oxygens (including phenoxy) is 1. The number of carbonyl (C=O) groups excluding carboxylic acids is 1. The van der Waals surface area contributed by atoms with Crippen LogP contribution in [0.3, 0.4) is 0 Å². The van der Waals surface area contributed by atoms with Gasteiger partial charge >= 0.3 is 0 Å². The van der Waals surface area contributed by atoms with E-state index in [-0.39, 0.29) is 11.9 Å². The van der Waals surface area contributed by atoms with Gasteiger partial charge < -0.3 is 14.1 Å². The molecular weight excluding hydrogens is 352 g/mol. The molecule has 0 aliphatic heterocycles. The second-order valence-electron chi connectivity index (χ2n) is 6.59. The number of carbonyl (C=O) groups is 1. The van der Waals surface area contributed by atoms with Gasteiger partial charge in [0.2, 0.25) is 0 Å². The zero-order chi connectivity index (χ0) is 19.5. The van der Waals surface area contributed by atoms with Gasteiger partial charge in [-0.1, -0.05) is 18.2 Å². The fraction of sp³-hybridized carbons (Fsp3) is 0.130. The Morgan fingerprint density at radius 3 is 2.54 bits per heavy atom. The first-order valence-corrected chi connectivity index (χ1v) is 9.05. The number of benzene rings is 2. The molecule has 140 valence electrons. The molecule has 0 bridgehead atoms. The Kier molecular flexibility index (Phi) is 4.81. The predicted molar refractivity (Wildman–Crippen MR) is 107 cm³/mol. The van der Waals surface area contributed by atoms with E-state index in [0.29, 0.717) is 17.1 Å². The molecule has 4 rings (SSSR count). The van der Waals surface area contributed by atoms with Gasteiger partial charge in [0.05, 0.1) is 12.2 Å². The molecule has 0 saturated heterocycles. The number of hydrogen-bond acceptors (Lipinski definition) is 4. The topological polar surface area (TPSA) is 55.6 Å². The molecule has 0 spiro atoms. The molecule has 0 saturated carbocycles. The molecule has 1 atom stereocenters. The number of hydrogen-bond donors (Lipinski definition) is 0. The van der Waals surface area contributed by atoms with E-state index in [1.165, 1.54) is 0 Å². The minimum atomic E-state index is -0.189. The molecule has 2 aromatic heterocycles. The second kappa shape index (κ2) is 7.56. The second-order valence-corrected chi connectivity index (χ2v) is 6.59. The van der Waals surface area contributed by atoms with Gasteiger partial charge in [0.1, 0.15) is 22.8 Å². The van der Waals surface area contributed by atoms with Gasteiger partial charge in [-0.05, 0) is 55.5 Å². The number of pyridine rings is 1. The van der Waals surface area contributed by atoms with Crippen molar-refractivity contribution < 1.29 is 13.9 Å². The van der Waals surface area contributed by atoms with Crippen LogP contribution >= 0.6 is 0 Å². The van der Waals surface area contributed by atoms with Crippen LogP contribution in [0, 0.1) is 0 Å². The number of amides is 1. The molecule has 1 unspecified atom stereocenters. The number of para-hydroxylation sites is 1. The first-order chi connectivity index (χ1) is 13.6. The molecule has 2 heterocycles. The monoisotopic (exact) mass is 372 g/mol. The average Bonchev–Trinajstić information content (AvgIpc) is 3.18. The molecule has 0 radical (unpaired) electrons. The van der Waals surface area contributed by atoms with E-state index in [1.807, 2.05) is 49.4 Å². The predicted octanol–water partition coefficient (Wildman–Crippen LogP) is 5.45. The molecule has 0 fully saturated rings. The Morgan fingerprint density at radius 1 is 1.04 bits per heavy atom. The van der Waals surface area contributed by atoms with Crippen LogP contribution < -0.4 is 4.74 Å². The fourth-order valence-electron chi connectivity index (χ4n) is 2.99. The van der Waals surface area contributed by atoms with Crippen LogP contribution in [-0.2, 0) is 0 Å². The van der Waals surface area contributed by atoms with Crippen LogP contribution in [-0.4, -0.2) is 22.8 Å². The SMILES string of the molecule is CC(c1cc2ccccc2o1)N(C)C(=O)c1ccc(Oc2cccnc2)cc1. The quantitative estimate of drug-likeness (QED) is 0.467. The zero-order valence-corrected chi connectivity index (χ0v) is 15.7. The molecule has 2 aromatic carbocycles. The third-order valence-electron chi connectivity index (χ3n) is 4.73. The van der Waals surface area contributed by atoms with Crippen molar-refractivity contribution in [1.82, 2.24) is 9.88 Å². The highest BCUT2D eigenvalue weighted by Gasteiger charge is 2.22. The summed E-state index contributed by atoms with van der Waals surface area (Å²) < 4.78 is 11.6. The molecule has 5 nitrogen and oxygen atoms in total.